The molecular weight excluding hydrogens is 196 g/mol. The van der Waals surface area contributed by atoms with Crippen molar-refractivity contribution in [3.8, 4) is 0 Å². The second-order valence-corrected chi connectivity index (χ2v) is 6.64. The molecular formula is C14H28N2. The highest BCUT2D eigenvalue weighted by Crippen LogP contribution is 2.36. The van der Waals surface area contributed by atoms with Crippen molar-refractivity contribution in [1.82, 2.24) is 10.2 Å². The van der Waals surface area contributed by atoms with E-state index in [0.717, 1.165) is 12.1 Å². The molecule has 16 heavy (non-hydrogen) atoms. The van der Waals surface area contributed by atoms with Gasteiger partial charge in [-0.2, -0.15) is 0 Å². The molecule has 1 heterocycles. The fourth-order valence-electron chi connectivity index (χ4n) is 3.32. The molecule has 2 fully saturated rings. The molecule has 2 rings (SSSR count). The van der Waals surface area contributed by atoms with E-state index in [2.05, 4.69) is 31.1 Å². The summed E-state index contributed by atoms with van der Waals surface area (Å²) in [5.41, 5.74) is 0.579. The molecule has 1 aliphatic heterocycles. The number of hydrogen-bond donors (Lipinski definition) is 1. The minimum Gasteiger partial charge on any atom is -0.312 e. The molecule has 1 aliphatic carbocycles. The first-order valence-electron chi connectivity index (χ1n) is 7.00. The first kappa shape index (κ1) is 12.4. The molecule has 1 N–H and O–H groups in total. The number of nitrogens with one attached hydrogen (secondary N) is 1. The quantitative estimate of drug-likeness (QED) is 0.793. The number of hydrogen-bond acceptors (Lipinski definition) is 2. The molecule has 1 saturated carbocycles. The van der Waals surface area contributed by atoms with Crippen LogP contribution in [0.1, 0.15) is 52.4 Å². The van der Waals surface area contributed by atoms with Crippen molar-refractivity contribution >= 4 is 0 Å². The third-order valence-corrected chi connectivity index (χ3v) is 4.53. The van der Waals surface area contributed by atoms with E-state index in [1.165, 1.54) is 51.6 Å². The summed E-state index contributed by atoms with van der Waals surface area (Å²) in [4.78, 5) is 2.54. The van der Waals surface area contributed by atoms with Crippen LogP contribution in [0.2, 0.25) is 0 Å². The lowest BCUT2D eigenvalue weighted by Crippen LogP contribution is -2.45. The first-order chi connectivity index (χ1) is 7.57. The summed E-state index contributed by atoms with van der Waals surface area (Å²) in [5.74, 6) is 0. The maximum atomic E-state index is 3.80. The summed E-state index contributed by atoms with van der Waals surface area (Å²) in [6.07, 6.45) is 8.34. The van der Waals surface area contributed by atoms with E-state index in [1.54, 1.807) is 0 Å². The third-order valence-electron chi connectivity index (χ3n) is 4.53. The van der Waals surface area contributed by atoms with Crippen LogP contribution in [0, 0.1) is 5.41 Å². The van der Waals surface area contributed by atoms with Crippen LogP contribution >= 0.6 is 0 Å². The Labute approximate surface area is 101 Å². The summed E-state index contributed by atoms with van der Waals surface area (Å²) in [7, 11) is 2.28. The molecule has 2 aliphatic rings. The van der Waals surface area contributed by atoms with Gasteiger partial charge >= 0.3 is 0 Å². The average molecular weight is 224 g/mol. The average Bonchev–Trinajstić information content (AvgIpc) is 2.57. The van der Waals surface area contributed by atoms with E-state index in [4.69, 9.17) is 0 Å². The molecule has 0 spiro atoms. The van der Waals surface area contributed by atoms with Crippen LogP contribution in [0.4, 0.5) is 0 Å². The van der Waals surface area contributed by atoms with E-state index < -0.39 is 0 Å². The molecule has 2 unspecified atom stereocenters. The Balaban J connectivity index is 1.71. The van der Waals surface area contributed by atoms with Crippen LogP contribution in [0.3, 0.4) is 0 Å². The lowest BCUT2D eigenvalue weighted by molar-refractivity contribution is 0.177. The summed E-state index contributed by atoms with van der Waals surface area (Å²) >= 11 is 0. The predicted molar refractivity (Wildman–Crippen MR) is 69.7 cm³/mol. The van der Waals surface area contributed by atoms with E-state index in [1.807, 2.05) is 0 Å². The van der Waals surface area contributed by atoms with Gasteiger partial charge in [-0.15, -0.1) is 0 Å². The highest BCUT2D eigenvalue weighted by Gasteiger charge is 2.31. The highest BCUT2D eigenvalue weighted by atomic mass is 15.2. The summed E-state index contributed by atoms with van der Waals surface area (Å²) in [6, 6.07) is 1.57. The van der Waals surface area contributed by atoms with Crippen molar-refractivity contribution in [3.05, 3.63) is 0 Å². The molecule has 1 saturated heterocycles. The van der Waals surface area contributed by atoms with Crippen LogP contribution in [0.5, 0.6) is 0 Å². The van der Waals surface area contributed by atoms with Crippen molar-refractivity contribution in [3.63, 3.8) is 0 Å². The standard InChI is InChI=1S/C14H28N2/c1-14(2)8-7-12(10-14)15-11-13-6-4-5-9-16(13)3/h12-13,15H,4-11H2,1-3H3. The number of likely N-dealkylation sites (N-methyl/N-ethyl adjacent to an activating group) is 1. The van der Waals surface area contributed by atoms with Crippen LogP contribution in [0.25, 0.3) is 0 Å². The van der Waals surface area contributed by atoms with Crippen molar-refractivity contribution in [2.24, 2.45) is 5.41 Å². The minimum atomic E-state index is 0.579. The van der Waals surface area contributed by atoms with Gasteiger partial charge in [0.15, 0.2) is 0 Å². The topological polar surface area (TPSA) is 15.3 Å². The van der Waals surface area contributed by atoms with Crippen molar-refractivity contribution in [2.75, 3.05) is 20.1 Å². The second kappa shape index (κ2) is 5.05. The van der Waals surface area contributed by atoms with Crippen LogP contribution in [0.15, 0.2) is 0 Å². The summed E-state index contributed by atoms with van der Waals surface area (Å²) < 4.78 is 0. The zero-order valence-electron chi connectivity index (χ0n) is 11.3. The van der Waals surface area contributed by atoms with Gasteiger partial charge in [-0.25, -0.2) is 0 Å². The van der Waals surface area contributed by atoms with Gasteiger partial charge in [0.05, 0.1) is 0 Å². The van der Waals surface area contributed by atoms with Crippen molar-refractivity contribution < 1.29 is 0 Å². The van der Waals surface area contributed by atoms with E-state index in [9.17, 15) is 0 Å². The van der Waals surface area contributed by atoms with Gasteiger partial charge in [-0.05, 0) is 51.1 Å². The molecule has 0 amide bonds. The van der Waals surface area contributed by atoms with Gasteiger partial charge in [-0.1, -0.05) is 20.3 Å². The molecule has 2 heteroatoms. The Kier molecular flexibility index (Phi) is 3.91. The van der Waals surface area contributed by atoms with Crippen LogP contribution in [-0.4, -0.2) is 37.1 Å². The molecule has 94 valence electrons. The third kappa shape index (κ3) is 3.21. The number of piperidine rings is 1. The zero-order chi connectivity index (χ0) is 11.6. The largest absolute Gasteiger partial charge is 0.312 e. The van der Waals surface area contributed by atoms with E-state index in [-0.39, 0.29) is 0 Å². The Morgan fingerprint density at radius 2 is 2.06 bits per heavy atom. The van der Waals surface area contributed by atoms with Crippen molar-refractivity contribution in [1.29, 1.82) is 0 Å². The van der Waals surface area contributed by atoms with E-state index in [0.29, 0.717) is 5.41 Å². The Morgan fingerprint density at radius 1 is 1.25 bits per heavy atom. The maximum absolute atomic E-state index is 3.80. The smallest absolute Gasteiger partial charge is 0.0217 e. The molecule has 0 aromatic carbocycles. The van der Waals surface area contributed by atoms with Gasteiger partial charge < -0.3 is 10.2 Å². The summed E-state index contributed by atoms with van der Waals surface area (Å²) in [5, 5.41) is 3.80. The fraction of sp³-hybridized carbons (Fsp3) is 1.00. The summed E-state index contributed by atoms with van der Waals surface area (Å²) in [6.45, 7) is 7.31. The second-order valence-electron chi connectivity index (χ2n) is 6.64. The molecule has 2 atom stereocenters. The van der Waals surface area contributed by atoms with Crippen molar-refractivity contribution in [2.45, 2.75) is 64.5 Å². The number of rotatable bonds is 3. The first-order valence-corrected chi connectivity index (χ1v) is 7.00. The molecule has 2 nitrogen and oxygen atoms in total. The van der Waals surface area contributed by atoms with Crippen LogP contribution < -0.4 is 5.32 Å². The number of likely N-dealkylation sites (tertiary alicyclic amines) is 1. The lowest BCUT2D eigenvalue weighted by atomic mass is 9.92. The van der Waals surface area contributed by atoms with Gasteiger partial charge in [0, 0.05) is 18.6 Å². The molecule has 0 radical (unpaired) electrons. The monoisotopic (exact) mass is 224 g/mol. The van der Waals surface area contributed by atoms with Crippen LogP contribution in [-0.2, 0) is 0 Å². The van der Waals surface area contributed by atoms with Gasteiger partial charge in [0.2, 0.25) is 0 Å². The van der Waals surface area contributed by atoms with Gasteiger partial charge in [0.25, 0.3) is 0 Å². The van der Waals surface area contributed by atoms with Gasteiger partial charge in [-0.3, -0.25) is 0 Å². The zero-order valence-corrected chi connectivity index (χ0v) is 11.3. The molecule has 0 aromatic rings. The van der Waals surface area contributed by atoms with Gasteiger partial charge in [0.1, 0.15) is 0 Å². The Hall–Kier alpha value is -0.0800. The van der Waals surface area contributed by atoms with E-state index >= 15 is 0 Å². The fourth-order valence-corrected chi connectivity index (χ4v) is 3.32. The predicted octanol–water partition coefficient (Wildman–Crippen LogP) is 2.64. The molecule has 0 aromatic heterocycles. The highest BCUT2D eigenvalue weighted by molar-refractivity contribution is 4.88. The minimum absolute atomic E-state index is 0.579. The Morgan fingerprint density at radius 3 is 2.69 bits per heavy atom. The normalized spacial score (nSPS) is 35.4. The Bertz CT molecular complexity index is 225. The number of nitrogens with zero attached hydrogens (tertiary/aromatic N) is 1. The molecule has 0 bridgehead atoms. The lowest BCUT2D eigenvalue weighted by Gasteiger charge is -2.33. The maximum Gasteiger partial charge on any atom is 0.0217 e. The SMILES string of the molecule is CN1CCCCC1CNC1CCC(C)(C)C1.